The number of aromatic nitrogens is 1. The molecule has 0 saturated heterocycles. The number of nitrogens with zero attached hydrogens (tertiary/aromatic N) is 1. The molecule has 0 spiro atoms. The van der Waals surface area contributed by atoms with Crippen molar-refractivity contribution >= 4 is 45.1 Å². The van der Waals surface area contributed by atoms with E-state index in [1.807, 2.05) is 0 Å². The third-order valence-corrected chi connectivity index (χ3v) is 8.34. The Hall–Kier alpha value is -4.10. The molecule has 1 unspecified atom stereocenters. The van der Waals surface area contributed by atoms with Crippen LogP contribution in [0.25, 0.3) is 0 Å². The number of nitrogens with one attached hydrogen (secondary N) is 1. The van der Waals surface area contributed by atoms with Crippen molar-refractivity contribution in [1.82, 2.24) is 4.98 Å². The monoisotopic (exact) mass is 580 g/mol. The molecule has 1 atom stereocenters. The first-order valence-electron chi connectivity index (χ1n) is 11.3. The van der Waals surface area contributed by atoms with Crippen molar-refractivity contribution in [2.45, 2.75) is 35.0 Å². The number of hydrogen-bond donors (Lipinski definition) is 3. The number of sulfone groups is 1. The highest BCUT2D eigenvalue weighted by Crippen LogP contribution is 2.34. The van der Waals surface area contributed by atoms with Crippen molar-refractivity contribution in [3.63, 3.8) is 0 Å². The Morgan fingerprint density at radius 1 is 1.00 bits per heavy atom. The zero-order chi connectivity index (χ0) is 28.5. The Kier molecular flexibility index (Phi) is 7.84. The maximum atomic E-state index is 14.4. The molecule has 0 bridgehead atoms. The Bertz CT molecular complexity index is 1550. The Labute approximate surface area is 225 Å². The van der Waals surface area contributed by atoms with Crippen molar-refractivity contribution in [2.75, 3.05) is 5.32 Å². The molecule has 1 fully saturated rings. The SMILES string of the molecule is O=C(Nc1ccc(Cl)c(C(C(=O)O)C(=O)O)n1)C(Oc1ccc(F)cc1F)c1ccc(S(=O)(=O)C2CC2)cc1. The summed E-state index contributed by atoms with van der Waals surface area (Å²) < 4.78 is 58.4. The number of aliphatic carboxylic acids is 2. The van der Waals surface area contributed by atoms with Gasteiger partial charge in [-0.15, -0.1) is 0 Å². The molecule has 0 radical (unpaired) electrons. The fraction of sp³-hybridized carbons (Fsp3) is 0.200. The highest BCUT2D eigenvalue weighted by Gasteiger charge is 2.37. The number of hydrogen-bond acceptors (Lipinski definition) is 7. The molecule has 1 aliphatic carbocycles. The van der Waals surface area contributed by atoms with E-state index in [1.165, 1.54) is 30.3 Å². The molecule has 204 valence electrons. The van der Waals surface area contributed by atoms with Gasteiger partial charge in [0.15, 0.2) is 27.3 Å². The smallest absolute Gasteiger partial charge is 0.324 e. The van der Waals surface area contributed by atoms with Crippen molar-refractivity contribution in [3.05, 3.63) is 82.5 Å². The first kappa shape index (κ1) is 27.9. The van der Waals surface area contributed by atoms with Crippen LogP contribution in [0.4, 0.5) is 14.6 Å². The molecule has 1 heterocycles. The molecule has 14 heteroatoms. The fourth-order valence-electron chi connectivity index (χ4n) is 3.64. The van der Waals surface area contributed by atoms with Crippen LogP contribution in [-0.2, 0) is 24.2 Å². The van der Waals surface area contributed by atoms with E-state index in [0.717, 1.165) is 18.2 Å². The lowest BCUT2D eigenvalue weighted by atomic mass is 10.1. The summed E-state index contributed by atoms with van der Waals surface area (Å²) in [5, 5.41) is 20.1. The molecule has 1 aromatic heterocycles. The molecular formula is C25H19ClF2N2O8S. The quantitative estimate of drug-likeness (QED) is 0.301. The van der Waals surface area contributed by atoms with Gasteiger partial charge in [-0.1, -0.05) is 23.7 Å². The van der Waals surface area contributed by atoms with Crippen LogP contribution >= 0.6 is 11.6 Å². The first-order chi connectivity index (χ1) is 18.4. The van der Waals surface area contributed by atoms with Crippen LogP contribution in [0.3, 0.4) is 0 Å². The number of amides is 1. The van der Waals surface area contributed by atoms with E-state index in [2.05, 4.69) is 10.3 Å². The van der Waals surface area contributed by atoms with Gasteiger partial charge >= 0.3 is 11.9 Å². The van der Waals surface area contributed by atoms with Gasteiger partial charge < -0.3 is 20.3 Å². The van der Waals surface area contributed by atoms with Crippen LogP contribution in [0.15, 0.2) is 59.5 Å². The van der Waals surface area contributed by atoms with E-state index in [4.69, 9.17) is 16.3 Å². The molecule has 10 nitrogen and oxygen atoms in total. The number of anilines is 1. The summed E-state index contributed by atoms with van der Waals surface area (Å²) in [6.45, 7) is 0. The second kappa shape index (κ2) is 10.9. The molecule has 0 aliphatic heterocycles. The number of carboxylic acid groups (broad SMARTS) is 2. The number of benzene rings is 2. The number of carbonyl (C=O) groups excluding carboxylic acids is 1. The lowest BCUT2D eigenvalue weighted by molar-refractivity contribution is -0.150. The summed E-state index contributed by atoms with van der Waals surface area (Å²) in [7, 11) is -3.54. The standard InChI is InChI=1S/C25H19ClF2N2O8S/c26-16-8-10-19(29-21(16)20(24(32)33)25(34)35)30-23(31)22(38-18-9-3-13(27)11-17(18)28)12-1-4-14(5-2-12)39(36,37)15-6-7-15/h1-5,8-11,15,20,22H,6-7H2,(H,32,33)(H,34,35)(H,29,30,31). The van der Waals surface area contributed by atoms with Gasteiger partial charge in [-0.05, 0) is 49.2 Å². The molecule has 3 N–H and O–H groups in total. The van der Waals surface area contributed by atoms with Gasteiger partial charge in [0, 0.05) is 11.6 Å². The topological polar surface area (TPSA) is 160 Å². The highest BCUT2D eigenvalue weighted by atomic mass is 35.5. The summed E-state index contributed by atoms with van der Waals surface area (Å²) >= 11 is 5.94. The minimum absolute atomic E-state index is 0.0262. The van der Waals surface area contributed by atoms with Gasteiger partial charge in [0.25, 0.3) is 5.91 Å². The third-order valence-electron chi connectivity index (χ3n) is 5.74. The molecule has 1 aliphatic rings. The molecule has 4 rings (SSSR count). The van der Waals surface area contributed by atoms with Crippen molar-refractivity contribution in [2.24, 2.45) is 0 Å². The van der Waals surface area contributed by atoms with E-state index in [9.17, 15) is 41.8 Å². The minimum Gasteiger partial charge on any atom is -0.480 e. The van der Waals surface area contributed by atoms with Gasteiger partial charge in [0.2, 0.25) is 6.10 Å². The summed E-state index contributed by atoms with van der Waals surface area (Å²) in [5.74, 6) is -9.38. The second-order valence-corrected chi connectivity index (χ2v) is 11.2. The average molecular weight is 581 g/mol. The van der Waals surface area contributed by atoms with Crippen molar-refractivity contribution in [1.29, 1.82) is 0 Å². The molecule has 1 saturated carbocycles. The predicted molar refractivity (Wildman–Crippen MR) is 132 cm³/mol. The van der Waals surface area contributed by atoms with E-state index in [0.29, 0.717) is 18.9 Å². The molecule has 39 heavy (non-hydrogen) atoms. The normalized spacial score (nSPS) is 14.1. The van der Waals surface area contributed by atoms with Crippen LogP contribution in [0, 0.1) is 11.6 Å². The maximum Gasteiger partial charge on any atom is 0.324 e. The van der Waals surface area contributed by atoms with Crippen molar-refractivity contribution in [3.8, 4) is 5.75 Å². The maximum absolute atomic E-state index is 14.4. The predicted octanol–water partition coefficient (Wildman–Crippen LogP) is 3.96. The van der Waals surface area contributed by atoms with Crippen LogP contribution in [0.1, 0.15) is 36.1 Å². The Morgan fingerprint density at radius 2 is 1.64 bits per heavy atom. The lowest BCUT2D eigenvalue weighted by Crippen LogP contribution is -2.27. The number of ether oxygens (including phenoxy) is 1. The number of halogens is 3. The molecule has 3 aromatic rings. The van der Waals surface area contributed by atoms with Gasteiger partial charge in [0.1, 0.15) is 11.6 Å². The molecule has 1 amide bonds. The largest absolute Gasteiger partial charge is 0.480 e. The molecular weight excluding hydrogens is 562 g/mol. The number of carboxylic acids is 2. The Morgan fingerprint density at radius 3 is 2.21 bits per heavy atom. The van der Waals surface area contributed by atoms with Crippen LogP contribution in [0.2, 0.25) is 5.02 Å². The summed E-state index contributed by atoms with van der Waals surface area (Å²) in [6, 6.07) is 9.85. The number of pyridine rings is 1. The van der Waals surface area contributed by atoms with E-state index < -0.39 is 68.0 Å². The van der Waals surface area contributed by atoms with E-state index in [-0.39, 0.29) is 21.3 Å². The summed E-state index contributed by atoms with van der Waals surface area (Å²) in [5.41, 5.74) is -0.458. The highest BCUT2D eigenvalue weighted by molar-refractivity contribution is 7.92. The lowest BCUT2D eigenvalue weighted by Gasteiger charge is -2.20. The second-order valence-electron chi connectivity index (χ2n) is 8.55. The van der Waals surface area contributed by atoms with Gasteiger partial charge in [0.05, 0.1) is 20.9 Å². The van der Waals surface area contributed by atoms with Crippen LogP contribution < -0.4 is 10.1 Å². The average Bonchev–Trinajstić information content (AvgIpc) is 3.72. The fourth-order valence-corrected chi connectivity index (χ4v) is 5.51. The molecule has 2 aromatic carbocycles. The first-order valence-corrected chi connectivity index (χ1v) is 13.2. The van der Waals surface area contributed by atoms with Crippen molar-refractivity contribution < 1.29 is 46.5 Å². The number of rotatable bonds is 10. The minimum atomic E-state index is -3.54. The third kappa shape index (κ3) is 6.15. The zero-order valence-corrected chi connectivity index (χ0v) is 21.2. The van der Waals surface area contributed by atoms with Crippen LogP contribution in [0.5, 0.6) is 5.75 Å². The Balaban J connectivity index is 1.68. The van der Waals surface area contributed by atoms with Gasteiger partial charge in [-0.25, -0.2) is 22.2 Å². The van der Waals surface area contributed by atoms with Gasteiger partial charge in [-0.3, -0.25) is 14.4 Å². The summed E-state index contributed by atoms with van der Waals surface area (Å²) in [4.78, 5) is 40.0. The zero-order valence-electron chi connectivity index (χ0n) is 19.7. The summed E-state index contributed by atoms with van der Waals surface area (Å²) in [6.07, 6.45) is -0.538. The van der Waals surface area contributed by atoms with E-state index >= 15 is 0 Å². The number of carbonyl (C=O) groups is 3. The van der Waals surface area contributed by atoms with E-state index in [1.54, 1.807) is 0 Å². The van der Waals surface area contributed by atoms with Crippen LogP contribution in [-0.4, -0.2) is 46.7 Å². The van der Waals surface area contributed by atoms with Gasteiger partial charge in [-0.2, -0.15) is 0 Å².